The van der Waals surface area contributed by atoms with E-state index in [1.165, 1.54) is 10.2 Å². The van der Waals surface area contributed by atoms with Crippen molar-refractivity contribution in [1.82, 2.24) is 24.2 Å². The average Bonchev–Trinajstić information content (AvgIpc) is 3.33. The van der Waals surface area contributed by atoms with E-state index in [0.29, 0.717) is 28.5 Å². The molecule has 1 aliphatic rings. The molecule has 182 valence electrons. The molecule has 0 spiro atoms. The topological polar surface area (TPSA) is 105 Å². The van der Waals surface area contributed by atoms with Crippen LogP contribution in [-0.2, 0) is 10.0 Å². The van der Waals surface area contributed by atoms with E-state index in [1.54, 1.807) is 36.7 Å². The van der Waals surface area contributed by atoms with Crippen LogP contribution in [0.1, 0.15) is 6.92 Å². The Hall–Kier alpha value is -4.02. The lowest BCUT2D eigenvalue weighted by Crippen LogP contribution is -2.49. The summed E-state index contributed by atoms with van der Waals surface area (Å²) >= 11 is 0. The second-order valence-electron chi connectivity index (χ2n) is 8.84. The highest BCUT2D eigenvalue weighted by Crippen LogP contribution is 2.27. The van der Waals surface area contributed by atoms with Crippen LogP contribution in [-0.4, -0.2) is 53.0 Å². The minimum atomic E-state index is -3.94. The van der Waals surface area contributed by atoms with Crippen LogP contribution in [0.25, 0.3) is 21.9 Å². The fourth-order valence-corrected chi connectivity index (χ4v) is 6.10. The first-order valence-electron chi connectivity index (χ1n) is 11.8. The summed E-state index contributed by atoms with van der Waals surface area (Å²) in [6, 6.07) is 19.0. The number of benzene rings is 2. The third-order valence-corrected chi connectivity index (χ3v) is 8.18. The SMILES string of the molecule is CC1CNCCN1c1ccc(Nc2ncc3ccn(S(=O)(=O)c4cccc5cccnc45)c3n2)cc1. The van der Waals surface area contributed by atoms with Gasteiger partial charge in [-0.2, -0.15) is 4.98 Å². The highest BCUT2D eigenvalue weighted by Gasteiger charge is 2.23. The van der Waals surface area contributed by atoms with Crippen LogP contribution in [0.4, 0.5) is 17.3 Å². The van der Waals surface area contributed by atoms with Crippen LogP contribution in [0.3, 0.4) is 0 Å². The number of rotatable bonds is 5. The minimum absolute atomic E-state index is 0.129. The number of hydrogen-bond acceptors (Lipinski definition) is 8. The van der Waals surface area contributed by atoms with Gasteiger partial charge in [-0.25, -0.2) is 17.4 Å². The maximum absolute atomic E-state index is 13.6. The molecule has 4 heterocycles. The maximum Gasteiger partial charge on any atom is 0.271 e. The summed E-state index contributed by atoms with van der Waals surface area (Å²) in [4.78, 5) is 15.8. The van der Waals surface area contributed by atoms with Gasteiger partial charge in [-0.3, -0.25) is 4.98 Å². The molecule has 0 radical (unpaired) electrons. The number of nitrogens with one attached hydrogen (secondary N) is 2. The monoisotopic (exact) mass is 499 g/mol. The van der Waals surface area contributed by atoms with Crippen molar-refractivity contribution in [3.63, 3.8) is 0 Å². The fourth-order valence-electron chi connectivity index (χ4n) is 4.63. The molecule has 1 aliphatic heterocycles. The van der Waals surface area contributed by atoms with Crippen LogP contribution < -0.4 is 15.5 Å². The Balaban J connectivity index is 1.32. The van der Waals surface area contributed by atoms with Crippen LogP contribution >= 0.6 is 0 Å². The lowest BCUT2D eigenvalue weighted by molar-refractivity contribution is 0.501. The van der Waals surface area contributed by atoms with E-state index in [9.17, 15) is 8.42 Å². The second kappa shape index (κ2) is 8.89. The number of fused-ring (bicyclic) bond motifs is 2. The Morgan fingerprint density at radius 3 is 2.67 bits per heavy atom. The number of piperazine rings is 1. The van der Waals surface area contributed by atoms with Gasteiger partial charge in [0.1, 0.15) is 4.90 Å². The normalized spacial score (nSPS) is 16.5. The number of hydrogen-bond donors (Lipinski definition) is 2. The number of para-hydroxylation sites is 1. The zero-order chi connectivity index (χ0) is 24.7. The number of nitrogens with zero attached hydrogens (tertiary/aromatic N) is 5. The molecule has 2 aromatic carbocycles. The van der Waals surface area contributed by atoms with Gasteiger partial charge in [-0.1, -0.05) is 18.2 Å². The molecule has 2 N–H and O–H groups in total. The highest BCUT2D eigenvalue weighted by atomic mass is 32.2. The van der Waals surface area contributed by atoms with E-state index in [4.69, 9.17) is 0 Å². The molecule has 36 heavy (non-hydrogen) atoms. The fraction of sp³-hybridized carbons (Fsp3) is 0.192. The summed E-state index contributed by atoms with van der Waals surface area (Å²) in [5.74, 6) is 0.317. The zero-order valence-corrected chi connectivity index (χ0v) is 20.5. The maximum atomic E-state index is 13.6. The third kappa shape index (κ3) is 3.94. The van der Waals surface area contributed by atoms with Gasteiger partial charge in [-0.15, -0.1) is 0 Å². The van der Waals surface area contributed by atoms with Gasteiger partial charge in [0.05, 0.1) is 5.52 Å². The first-order chi connectivity index (χ1) is 17.5. The molecule has 6 rings (SSSR count). The van der Waals surface area contributed by atoms with E-state index in [0.717, 1.165) is 36.4 Å². The zero-order valence-electron chi connectivity index (χ0n) is 19.7. The molecular weight excluding hydrogens is 474 g/mol. The minimum Gasteiger partial charge on any atom is -0.366 e. The van der Waals surface area contributed by atoms with Gasteiger partial charge in [0.15, 0.2) is 5.65 Å². The summed E-state index contributed by atoms with van der Waals surface area (Å²) in [6.45, 7) is 5.10. The Morgan fingerprint density at radius 2 is 1.83 bits per heavy atom. The number of pyridine rings is 1. The molecule has 10 heteroatoms. The van der Waals surface area contributed by atoms with Gasteiger partial charge in [0, 0.05) is 66.4 Å². The van der Waals surface area contributed by atoms with Crippen molar-refractivity contribution >= 4 is 49.3 Å². The van der Waals surface area contributed by atoms with Crippen molar-refractivity contribution in [1.29, 1.82) is 0 Å². The summed E-state index contributed by atoms with van der Waals surface area (Å²) < 4.78 is 28.5. The highest BCUT2D eigenvalue weighted by molar-refractivity contribution is 7.90. The Kier molecular flexibility index (Phi) is 5.54. The molecule has 3 aromatic heterocycles. The lowest BCUT2D eigenvalue weighted by atomic mass is 10.1. The number of aromatic nitrogens is 4. The van der Waals surface area contributed by atoms with Crippen LogP contribution in [0.5, 0.6) is 0 Å². The molecule has 5 aromatic rings. The summed E-state index contributed by atoms with van der Waals surface area (Å²) in [7, 11) is -3.94. The van der Waals surface area contributed by atoms with Gasteiger partial charge >= 0.3 is 0 Å². The molecular formula is C26H25N7O2S. The summed E-state index contributed by atoms with van der Waals surface area (Å²) in [5.41, 5.74) is 2.70. The third-order valence-electron chi connectivity index (χ3n) is 6.48. The Labute approximate surface area is 208 Å². The van der Waals surface area contributed by atoms with E-state index in [2.05, 4.69) is 49.5 Å². The quantitative estimate of drug-likeness (QED) is 0.377. The summed E-state index contributed by atoms with van der Waals surface area (Å²) in [5, 5.41) is 7.99. The molecule has 0 bridgehead atoms. The van der Waals surface area contributed by atoms with E-state index >= 15 is 0 Å². The Morgan fingerprint density at radius 1 is 1.00 bits per heavy atom. The lowest BCUT2D eigenvalue weighted by Gasteiger charge is -2.36. The van der Waals surface area contributed by atoms with E-state index in [1.807, 2.05) is 24.3 Å². The molecule has 1 saturated heterocycles. The Bertz CT molecular complexity index is 1660. The molecule has 1 unspecified atom stereocenters. The van der Waals surface area contributed by atoms with Gasteiger partial charge in [0.25, 0.3) is 10.0 Å². The van der Waals surface area contributed by atoms with Crippen LogP contribution in [0, 0.1) is 0 Å². The predicted octanol–water partition coefficient (Wildman–Crippen LogP) is 3.76. The van der Waals surface area contributed by atoms with Crippen molar-refractivity contribution in [3.8, 4) is 0 Å². The first-order valence-corrected chi connectivity index (χ1v) is 13.2. The largest absolute Gasteiger partial charge is 0.366 e. The molecule has 9 nitrogen and oxygen atoms in total. The predicted molar refractivity (Wildman–Crippen MR) is 141 cm³/mol. The standard InChI is InChI=1S/C26H25N7O2S/c1-18-16-27-13-15-32(18)22-9-7-21(8-10-22)30-26-29-17-20-11-14-33(25(20)31-26)36(34,35)23-6-2-4-19-5-3-12-28-24(19)23/h2-12,14,17-18,27H,13,15-16H2,1H3,(H,29,30,31). The van der Waals surface area contributed by atoms with Crippen molar-refractivity contribution in [3.05, 3.63) is 79.3 Å². The molecule has 0 amide bonds. The summed E-state index contributed by atoms with van der Waals surface area (Å²) in [6.07, 6.45) is 4.71. The van der Waals surface area contributed by atoms with Gasteiger partial charge in [0.2, 0.25) is 5.95 Å². The van der Waals surface area contributed by atoms with Crippen molar-refractivity contribution in [2.45, 2.75) is 17.9 Å². The smallest absolute Gasteiger partial charge is 0.271 e. The molecule has 1 atom stereocenters. The average molecular weight is 500 g/mol. The van der Waals surface area contributed by atoms with E-state index < -0.39 is 10.0 Å². The van der Waals surface area contributed by atoms with Crippen molar-refractivity contribution in [2.75, 3.05) is 29.9 Å². The second-order valence-corrected chi connectivity index (χ2v) is 10.6. The van der Waals surface area contributed by atoms with Gasteiger partial charge in [-0.05, 0) is 49.4 Å². The van der Waals surface area contributed by atoms with Crippen molar-refractivity contribution in [2.24, 2.45) is 0 Å². The molecule has 0 saturated carbocycles. The van der Waals surface area contributed by atoms with Crippen LogP contribution in [0.2, 0.25) is 0 Å². The number of anilines is 3. The van der Waals surface area contributed by atoms with Crippen LogP contribution in [0.15, 0.2) is 84.1 Å². The molecule has 0 aliphatic carbocycles. The first kappa shape index (κ1) is 22.4. The van der Waals surface area contributed by atoms with Gasteiger partial charge < -0.3 is 15.5 Å². The van der Waals surface area contributed by atoms with E-state index in [-0.39, 0.29) is 4.90 Å². The van der Waals surface area contributed by atoms with Crippen molar-refractivity contribution < 1.29 is 8.42 Å². The molecule has 1 fully saturated rings.